The molecule has 0 aliphatic carbocycles. The number of pyridine rings is 2. The molecule has 1 saturated heterocycles. The van der Waals surface area contributed by atoms with Crippen LogP contribution in [0, 0.1) is 0 Å². The maximum absolute atomic E-state index is 13.6. The molecule has 2 aliphatic heterocycles. The van der Waals surface area contributed by atoms with E-state index in [1.165, 1.54) is 0 Å². The molecule has 1 aromatic carbocycles. The van der Waals surface area contributed by atoms with E-state index < -0.39 is 0 Å². The number of aromatic nitrogens is 4. The maximum atomic E-state index is 13.6. The molecule has 3 aromatic heterocycles. The topological polar surface area (TPSA) is 102 Å². The van der Waals surface area contributed by atoms with Crippen LogP contribution in [0.2, 0.25) is 0 Å². The quantitative estimate of drug-likeness (QED) is 0.440. The van der Waals surface area contributed by atoms with Gasteiger partial charge in [-0.15, -0.1) is 0 Å². The summed E-state index contributed by atoms with van der Waals surface area (Å²) in [5.41, 5.74) is 2.47. The van der Waals surface area contributed by atoms with E-state index in [4.69, 9.17) is 9.47 Å². The van der Waals surface area contributed by atoms with Gasteiger partial charge in [0, 0.05) is 35.8 Å². The monoisotopic (exact) mass is 523 g/mol. The van der Waals surface area contributed by atoms with Gasteiger partial charge in [-0.3, -0.25) is 19.2 Å². The first-order valence-corrected chi connectivity index (χ1v) is 12.0. The molecule has 0 unspecified atom stereocenters. The lowest BCUT2D eigenvalue weighted by molar-refractivity contribution is 0.0675. The van der Waals surface area contributed by atoms with E-state index in [9.17, 15) is 9.59 Å². The lowest BCUT2D eigenvalue weighted by atomic mass is 10.1. The fourth-order valence-corrected chi connectivity index (χ4v) is 5.37. The molecule has 0 saturated carbocycles. The number of ether oxygens (including phenoxy) is 2. The Bertz CT molecular complexity index is 1510. The molecular weight excluding hydrogens is 502 g/mol. The number of hydrogen-bond acceptors (Lipinski definition) is 6. The minimum absolute atomic E-state index is 0.148. The van der Waals surface area contributed by atoms with Gasteiger partial charge < -0.3 is 14.5 Å². The van der Waals surface area contributed by atoms with Crippen molar-refractivity contribution in [1.29, 1.82) is 0 Å². The van der Waals surface area contributed by atoms with Gasteiger partial charge in [0.05, 0.1) is 41.3 Å². The molecule has 174 valence electrons. The Balaban J connectivity index is 1.50. The molecule has 2 aliphatic rings. The van der Waals surface area contributed by atoms with Crippen LogP contribution in [0.15, 0.2) is 39.9 Å². The van der Waals surface area contributed by atoms with Crippen LogP contribution in [0.1, 0.15) is 34.8 Å². The Labute approximate surface area is 202 Å². The van der Waals surface area contributed by atoms with Crippen LogP contribution in [-0.2, 0) is 11.2 Å². The number of rotatable bonds is 3. The summed E-state index contributed by atoms with van der Waals surface area (Å²) in [6, 6.07) is 5.66. The second-order valence-electron chi connectivity index (χ2n) is 8.59. The van der Waals surface area contributed by atoms with Gasteiger partial charge in [-0.1, -0.05) is 0 Å². The summed E-state index contributed by atoms with van der Waals surface area (Å²) in [4.78, 5) is 35.5. The molecular formula is C24H22BrN5O4. The minimum atomic E-state index is -0.234. The van der Waals surface area contributed by atoms with Gasteiger partial charge in [-0.05, 0) is 59.0 Å². The van der Waals surface area contributed by atoms with E-state index in [2.05, 4.69) is 31.0 Å². The van der Waals surface area contributed by atoms with Crippen LogP contribution in [0.4, 0.5) is 5.82 Å². The number of nitrogens with zero attached hydrogens (tertiary/aromatic N) is 4. The molecule has 0 radical (unpaired) electrons. The van der Waals surface area contributed by atoms with Crippen molar-refractivity contribution in [3.63, 3.8) is 0 Å². The van der Waals surface area contributed by atoms with Crippen molar-refractivity contribution >= 4 is 49.5 Å². The number of H-pyrrole nitrogens is 1. The SMILES string of the molecule is COc1cc2c(cc1C(=O)N1CCc3cc(Br)cnc31)[nH]c(=O)c1cnn(C3CCOCC3)c12. The Morgan fingerprint density at radius 2 is 2.03 bits per heavy atom. The van der Waals surface area contributed by atoms with Crippen LogP contribution in [-0.4, -0.2) is 52.5 Å². The smallest absolute Gasteiger partial charge is 0.263 e. The minimum Gasteiger partial charge on any atom is -0.496 e. The van der Waals surface area contributed by atoms with Gasteiger partial charge in [-0.25, -0.2) is 4.98 Å². The fraction of sp³-hybridized carbons (Fsp3) is 0.333. The number of methoxy groups -OCH3 is 1. The fourth-order valence-electron chi connectivity index (χ4n) is 4.99. The van der Waals surface area contributed by atoms with Crippen molar-refractivity contribution in [2.45, 2.75) is 25.3 Å². The standard InChI is InChI=1S/C24H22BrN5O4/c1-33-20-10-16-19(9-17(20)24(32)29-5-2-13-8-14(25)11-26-22(13)29)28-23(31)18-12-27-30(21(16)18)15-3-6-34-7-4-15/h8-12,15H,2-7H2,1H3,(H,28,31). The number of benzene rings is 1. The third kappa shape index (κ3) is 3.32. The average molecular weight is 524 g/mol. The van der Waals surface area contributed by atoms with Gasteiger partial charge >= 0.3 is 0 Å². The van der Waals surface area contributed by atoms with Crippen molar-refractivity contribution in [2.75, 3.05) is 31.8 Å². The normalized spacial score (nSPS) is 16.4. The van der Waals surface area contributed by atoms with Gasteiger partial charge in [0.1, 0.15) is 11.6 Å². The molecule has 1 amide bonds. The van der Waals surface area contributed by atoms with Gasteiger partial charge in [0.25, 0.3) is 11.5 Å². The molecule has 6 rings (SSSR count). The zero-order valence-corrected chi connectivity index (χ0v) is 20.1. The van der Waals surface area contributed by atoms with Crippen molar-refractivity contribution in [1.82, 2.24) is 19.7 Å². The maximum Gasteiger partial charge on any atom is 0.263 e. The number of nitrogens with one attached hydrogen (secondary N) is 1. The molecule has 1 N–H and O–H groups in total. The number of hydrogen-bond donors (Lipinski definition) is 1. The summed E-state index contributed by atoms with van der Waals surface area (Å²) < 4.78 is 14.0. The van der Waals surface area contributed by atoms with Crippen LogP contribution in [0.25, 0.3) is 21.8 Å². The number of carbonyl (C=O) groups is 1. The molecule has 0 bridgehead atoms. The summed E-state index contributed by atoms with van der Waals surface area (Å²) in [5, 5.41) is 5.86. The highest BCUT2D eigenvalue weighted by atomic mass is 79.9. The molecule has 5 heterocycles. The van der Waals surface area contributed by atoms with Gasteiger partial charge in [0.15, 0.2) is 0 Å². The lowest BCUT2D eigenvalue weighted by Crippen LogP contribution is -2.30. The Hall–Kier alpha value is -3.24. The summed E-state index contributed by atoms with van der Waals surface area (Å²) in [5.74, 6) is 0.874. The molecule has 34 heavy (non-hydrogen) atoms. The van der Waals surface area contributed by atoms with Crippen molar-refractivity contribution in [3.8, 4) is 5.75 Å². The predicted octanol–water partition coefficient (Wildman–Crippen LogP) is 3.60. The molecule has 1 fully saturated rings. The lowest BCUT2D eigenvalue weighted by Gasteiger charge is -2.23. The first-order chi connectivity index (χ1) is 16.5. The third-order valence-corrected chi connectivity index (χ3v) is 7.10. The summed E-state index contributed by atoms with van der Waals surface area (Å²) in [7, 11) is 1.55. The first-order valence-electron chi connectivity index (χ1n) is 11.2. The number of aromatic amines is 1. The van der Waals surface area contributed by atoms with Crippen LogP contribution in [0.5, 0.6) is 5.75 Å². The van der Waals surface area contributed by atoms with Crippen molar-refractivity contribution < 1.29 is 14.3 Å². The highest BCUT2D eigenvalue weighted by Crippen LogP contribution is 2.35. The summed E-state index contributed by atoms with van der Waals surface area (Å²) in [6.45, 7) is 1.86. The highest BCUT2D eigenvalue weighted by Gasteiger charge is 2.30. The molecule has 10 heteroatoms. The molecule has 0 spiro atoms. The molecule has 9 nitrogen and oxygen atoms in total. The third-order valence-electron chi connectivity index (χ3n) is 6.67. The Morgan fingerprint density at radius 1 is 1.21 bits per heavy atom. The second kappa shape index (κ2) is 8.21. The number of anilines is 1. The highest BCUT2D eigenvalue weighted by molar-refractivity contribution is 9.10. The van der Waals surface area contributed by atoms with Crippen molar-refractivity contribution in [3.05, 3.63) is 56.5 Å². The average Bonchev–Trinajstić information content (AvgIpc) is 3.48. The zero-order chi connectivity index (χ0) is 23.4. The largest absolute Gasteiger partial charge is 0.496 e. The first kappa shape index (κ1) is 21.3. The van der Waals surface area contributed by atoms with Crippen LogP contribution >= 0.6 is 15.9 Å². The number of amides is 1. The molecule has 0 atom stereocenters. The van der Waals surface area contributed by atoms with Gasteiger partial charge in [0.2, 0.25) is 0 Å². The van der Waals surface area contributed by atoms with Crippen molar-refractivity contribution in [2.24, 2.45) is 0 Å². The summed E-state index contributed by atoms with van der Waals surface area (Å²) in [6.07, 6.45) is 5.69. The van der Waals surface area contributed by atoms with Crippen LogP contribution in [0.3, 0.4) is 0 Å². The number of fused-ring (bicyclic) bond motifs is 4. The Kier molecular flexibility index (Phi) is 5.14. The number of carbonyl (C=O) groups excluding carboxylic acids is 1. The van der Waals surface area contributed by atoms with E-state index in [1.54, 1.807) is 30.5 Å². The van der Waals surface area contributed by atoms with E-state index in [0.717, 1.165) is 40.2 Å². The summed E-state index contributed by atoms with van der Waals surface area (Å²) >= 11 is 3.44. The molecule has 4 aromatic rings. The zero-order valence-electron chi connectivity index (χ0n) is 18.5. The van der Waals surface area contributed by atoms with Gasteiger partial charge in [-0.2, -0.15) is 5.10 Å². The number of halogens is 1. The van der Waals surface area contributed by atoms with Crippen LogP contribution < -0.4 is 15.2 Å². The van der Waals surface area contributed by atoms with E-state index in [-0.39, 0.29) is 17.5 Å². The van der Waals surface area contributed by atoms with E-state index in [1.807, 2.05) is 16.8 Å². The van der Waals surface area contributed by atoms with E-state index >= 15 is 0 Å². The second-order valence-corrected chi connectivity index (χ2v) is 9.51. The Morgan fingerprint density at radius 3 is 2.82 bits per heavy atom. The van der Waals surface area contributed by atoms with E-state index in [0.29, 0.717) is 47.8 Å². The predicted molar refractivity (Wildman–Crippen MR) is 131 cm³/mol.